The van der Waals surface area contributed by atoms with Crippen molar-refractivity contribution in [3.05, 3.63) is 68.6 Å². The minimum Gasteiger partial charge on any atom is -0.371 e. The van der Waals surface area contributed by atoms with Crippen LogP contribution < -0.4 is 10.9 Å². The Morgan fingerprint density at radius 1 is 1.35 bits per heavy atom. The molecule has 0 saturated carbocycles. The number of benzene rings is 1. The zero-order valence-electron chi connectivity index (χ0n) is 13.3. The number of H-pyrrole nitrogens is 1. The van der Waals surface area contributed by atoms with Crippen molar-refractivity contribution in [2.75, 3.05) is 13.2 Å². The molecule has 0 saturated heterocycles. The van der Waals surface area contributed by atoms with E-state index in [-0.39, 0.29) is 23.1 Å². The van der Waals surface area contributed by atoms with E-state index in [1.807, 2.05) is 18.2 Å². The largest absolute Gasteiger partial charge is 0.371 e. The van der Waals surface area contributed by atoms with Crippen molar-refractivity contribution in [3.63, 3.8) is 0 Å². The molecule has 1 atom stereocenters. The summed E-state index contributed by atoms with van der Waals surface area (Å²) in [6, 6.07) is 9.88. The van der Waals surface area contributed by atoms with Gasteiger partial charge in [-0.05, 0) is 43.0 Å². The molecule has 120 valence electrons. The van der Waals surface area contributed by atoms with Crippen molar-refractivity contribution < 1.29 is 9.53 Å². The molecule has 1 aliphatic rings. The number of pyridine rings is 1. The maximum Gasteiger partial charge on any atom is 0.261 e. The number of nitrogens with one attached hydrogen (secondary N) is 2. The van der Waals surface area contributed by atoms with Gasteiger partial charge in [0.1, 0.15) is 11.7 Å². The van der Waals surface area contributed by atoms with Gasteiger partial charge in [-0.3, -0.25) is 9.59 Å². The average Bonchev–Trinajstić information content (AvgIpc) is 2.52. The van der Waals surface area contributed by atoms with Crippen molar-refractivity contribution in [2.45, 2.75) is 26.4 Å². The van der Waals surface area contributed by atoms with E-state index in [2.05, 4.69) is 16.4 Å². The molecule has 1 aromatic heterocycles. The number of amides is 1. The van der Waals surface area contributed by atoms with E-state index < -0.39 is 0 Å². The van der Waals surface area contributed by atoms with Crippen LogP contribution in [0, 0.1) is 13.8 Å². The minimum atomic E-state index is -0.365. The fraction of sp³-hybridized carbons (Fsp3) is 0.333. The van der Waals surface area contributed by atoms with Crippen LogP contribution in [-0.2, 0) is 11.2 Å². The number of fused-ring (bicyclic) bond motifs is 1. The molecule has 0 aliphatic carbocycles. The summed E-state index contributed by atoms with van der Waals surface area (Å²) in [4.78, 5) is 27.0. The Balaban J connectivity index is 1.75. The summed E-state index contributed by atoms with van der Waals surface area (Å²) in [6.45, 7) is 4.55. The Morgan fingerprint density at radius 2 is 2.13 bits per heavy atom. The summed E-state index contributed by atoms with van der Waals surface area (Å²) in [5, 5.41) is 2.83. The number of aromatic amines is 1. The molecule has 5 nitrogen and oxygen atoms in total. The highest BCUT2D eigenvalue weighted by Crippen LogP contribution is 2.26. The zero-order valence-corrected chi connectivity index (χ0v) is 13.3. The molecule has 2 heterocycles. The Morgan fingerprint density at radius 3 is 2.91 bits per heavy atom. The number of ether oxygens (including phenoxy) is 1. The van der Waals surface area contributed by atoms with Gasteiger partial charge in [-0.1, -0.05) is 24.3 Å². The number of hydrogen-bond acceptors (Lipinski definition) is 3. The van der Waals surface area contributed by atoms with Crippen molar-refractivity contribution in [2.24, 2.45) is 0 Å². The van der Waals surface area contributed by atoms with Crippen LogP contribution in [0.5, 0.6) is 0 Å². The number of hydrogen-bond donors (Lipinski definition) is 2. The Kier molecular flexibility index (Phi) is 4.30. The van der Waals surface area contributed by atoms with Crippen LogP contribution in [0.3, 0.4) is 0 Å². The summed E-state index contributed by atoms with van der Waals surface area (Å²) < 4.78 is 5.77. The second kappa shape index (κ2) is 6.38. The second-order valence-corrected chi connectivity index (χ2v) is 5.86. The molecule has 2 aromatic rings. The minimum absolute atomic E-state index is 0.166. The van der Waals surface area contributed by atoms with E-state index in [0.717, 1.165) is 17.7 Å². The van der Waals surface area contributed by atoms with Gasteiger partial charge in [-0.2, -0.15) is 0 Å². The number of carbonyl (C=O) groups is 1. The molecule has 2 N–H and O–H groups in total. The summed E-state index contributed by atoms with van der Waals surface area (Å²) in [5.74, 6) is -0.365. The molecule has 1 amide bonds. The third-order valence-electron chi connectivity index (χ3n) is 4.13. The first kappa shape index (κ1) is 15.5. The fourth-order valence-electron chi connectivity index (χ4n) is 3.06. The second-order valence-electron chi connectivity index (χ2n) is 5.86. The predicted molar refractivity (Wildman–Crippen MR) is 87.7 cm³/mol. The highest BCUT2D eigenvalue weighted by Gasteiger charge is 2.22. The summed E-state index contributed by atoms with van der Waals surface area (Å²) in [6.07, 6.45) is 0.714. The van der Waals surface area contributed by atoms with Gasteiger partial charge < -0.3 is 15.0 Å². The number of aromatic nitrogens is 1. The van der Waals surface area contributed by atoms with Crippen LogP contribution >= 0.6 is 0 Å². The van der Waals surface area contributed by atoms with Crippen LogP contribution in [0.2, 0.25) is 0 Å². The van der Waals surface area contributed by atoms with Crippen LogP contribution in [0.15, 0.2) is 35.1 Å². The van der Waals surface area contributed by atoms with Gasteiger partial charge in [0.25, 0.3) is 11.5 Å². The van der Waals surface area contributed by atoms with Crippen molar-refractivity contribution in [1.29, 1.82) is 0 Å². The monoisotopic (exact) mass is 312 g/mol. The molecule has 1 unspecified atom stereocenters. The summed E-state index contributed by atoms with van der Waals surface area (Å²) >= 11 is 0. The maximum atomic E-state index is 12.4. The van der Waals surface area contributed by atoms with E-state index in [0.29, 0.717) is 18.7 Å². The topological polar surface area (TPSA) is 71.2 Å². The van der Waals surface area contributed by atoms with Gasteiger partial charge in [0.05, 0.1) is 6.61 Å². The van der Waals surface area contributed by atoms with Gasteiger partial charge in [0.2, 0.25) is 0 Å². The van der Waals surface area contributed by atoms with E-state index in [1.165, 1.54) is 5.56 Å². The van der Waals surface area contributed by atoms with Gasteiger partial charge in [-0.25, -0.2) is 0 Å². The highest BCUT2D eigenvalue weighted by molar-refractivity contribution is 5.95. The standard InChI is InChI=1S/C18H20N2O3/c1-11-9-12(2)20-18(22)16(11)17(21)19-10-15-14-6-4-3-5-13(14)7-8-23-15/h3-6,9,15H,7-8,10H2,1-2H3,(H,19,21)(H,20,22). The summed E-state index contributed by atoms with van der Waals surface area (Å²) in [5.41, 5.74) is 3.59. The zero-order chi connectivity index (χ0) is 16.4. The van der Waals surface area contributed by atoms with Crippen LogP contribution in [0.25, 0.3) is 0 Å². The molecule has 0 fully saturated rings. The van der Waals surface area contributed by atoms with Crippen molar-refractivity contribution in [3.8, 4) is 0 Å². The van der Waals surface area contributed by atoms with E-state index in [9.17, 15) is 9.59 Å². The molecule has 1 aromatic carbocycles. The fourth-order valence-corrected chi connectivity index (χ4v) is 3.06. The average molecular weight is 312 g/mol. The molecule has 5 heteroatoms. The normalized spacial score (nSPS) is 16.7. The number of rotatable bonds is 3. The molecule has 1 aliphatic heterocycles. The third-order valence-corrected chi connectivity index (χ3v) is 4.13. The van der Waals surface area contributed by atoms with Crippen LogP contribution in [0.4, 0.5) is 0 Å². The molecule has 3 rings (SSSR count). The maximum absolute atomic E-state index is 12.4. The molecule has 23 heavy (non-hydrogen) atoms. The number of carbonyl (C=O) groups excluding carboxylic acids is 1. The lowest BCUT2D eigenvalue weighted by atomic mass is 9.97. The molecular weight excluding hydrogens is 292 g/mol. The van der Waals surface area contributed by atoms with Gasteiger partial charge in [0, 0.05) is 12.2 Å². The predicted octanol–water partition coefficient (Wildman–Crippen LogP) is 2.04. The highest BCUT2D eigenvalue weighted by atomic mass is 16.5. The van der Waals surface area contributed by atoms with Gasteiger partial charge in [0.15, 0.2) is 0 Å². The van der Waals surface area contributed by atoms with Gasteiger partial charge in [-0.15, -0.1) is 0 Å². The SMILES string of the molecule is Cc1cc(C)c(C(=O)NCC2OCCc3ccccc32)c(=O)[nH]1. The van der Waals surface area contributed by atoms with Crippen LogP contribution in [-0.4, -0.2) is 24.0 Å². The van der Waals surface area contributed by atoms with Gasteiger partial charge >= 0.3 is 0 Å². The van der Waals surface area contributed by atoms with E-state index >= 15 is 0 Å². The van der Waals surface area contributed by atoms with E-state index in [4.69, 9.17) is 4.74 Å². The lowest BCUT2D eigenvalue weighted by molar-refractivity contribution is 0.0411. The lowest BCUT2D eigenvalue weighted by Crippen LogP contribution is -2.35. The number of aryl methyl sites for hydroxylation is 2. The first-order chi connectivity index (χ1) is 11.1. The van der Waals surface area contributed by atoms with Crippen LogP contribution in [0.1, 0.15) is 38.8 Å². The van der Waals surface area contributed by atoms with Crippen molar-refractivity contribution >= 4 is 5.91 Å². The summed E-state index contributed by atoms with van der Waals surface area (Å²) in [7, 11) is 0. The van der Waals surface area contributed by atoms with Crippen molar-refractivity contribution in [1.82, 2.24) is 10.3 Å². The smallest absolute Gasteiger partial charge is 0.261 e. The Hall–Kier alpha value is -2.40. The molecule has 0 bridgehead atoms. The molecule has 0 radical (unpaired) electrons. The first-order valence-electron chi connectivity index (χ1n) is 7.74. The quantitative estimate of drug-likeness (QED) is 0.911. The molecule has 0 spiro atoms. The lowest BCUT2D eigenvalue weighted by Gasteiger charge is -2.26. The Bertz CT molecular complexity index is 795. The molecular formula is C18H20N2O3. The third kappa shape index (κ3) is 3.19. The first-order valence-corrected chi connectivity index (χ1v) is 7.74. The van der Waals surface area contributed by atoms with E-state index in [1.54, 1.807) is 19.9 Å². The Labute approximate surface area is 134 Å².